The third-order valence-corrected chi connectivity index (χ3v) is 13.9. The standard InChI is InChI=1S/C66H34N8/c1-71-54-24-18-48(19-25-54)52-23-29-64-59(34-52)58-33-51(47-16-10-43(39-69)11-17-47)22-28-63(58)74(64)66-36-60(72-2)55(53-5-3-4-44(30-53)40-70)35-65(66)73-61-26-20-49(45-12-6-41(37-67)7-13-45)31-56(61)57-32-50(21-27-62(57)73)46-14-8-42(38-68)9-15-46/h3-36H. The Balaban J connectivity index is 1.19. The van der Waals surface area contributed by atoms with Crippen LogP contribution in [0.25, 0.3) is 120 Å². The van der Waals surface area contributed by atoms with Crippen molar-refractivity contribution in [2.24, 2.45) is 0 Å². The number of benzene rings is 10. The van der Waals surface area contributed by atoms with E-state index in [0.29, 0.717) is 39.2 Å². The van der Waals surface area contributed by atoms with E-state index in [0.717, 1.165) is 105 Å². The minimum absolute atomic E-state index is 0.409. The van der Waals surface area contributed by atoms with Crippen LogP contribution in [0.3, 0.4) is 0 Å². The highest BCUT2D eigenvalue weighted by molar-refractivity contribution is 6.14. The van der Waals surface area contributed by atoms with Crippen LogP contribution in [-0.4, -0.2) is 9.13 Å². The molecule has 0 aliphatic carbocycles. The summed E-state index contributed by atoms with van der Waals surface area (Å²) in [4.78, 5) is 7.81. The van der Waals surface area contributed by atoms with Gasteiger partial charge in [0.2, 0.25) is 0 Å². The zero-order valence-electron chi connectivity index (χ0n) is 39.2. The van der Waals surface area contributed by atoms with Crippen molar-refractivity contribution in [2.45, 2.75) is 0 Å². The van der Waals surface area contributed by atoms with Gasteiger partial charge in [0.1, 0.15) is 0 Å². The quantitative estimate of drug-likeness (QED) is 0.148. The fourth-order valence-electron chi connectivity index (χ4n) is 10.2. The SMILES string of the molecule is [C-]#[N+]c1ccc(-c2ccc3c(c2)c2cc(-c4ccc(C#N)cc4)ccc2n3-c2cc([N+]#[C-])c(-c3cccc(C#N)c3)cc2-n2c3ccc(-c4ccc(C#N)cc4)cc3c3cc(-c4ccc(C#N)cc4)ccc32)cc1. The van der Waals surface area contributed by atoms with E-state index in [9.17, 15) is 21.0 Å². The van der Waals surface area contributed by atoms with Crippen LogP contribution >= 0.6 is 0 Å². The van der Waals surface area contributed by atoms with Gasteiger partial charge in [0.05, 0.1) is 93.1 Å². The van der Waals surface area contributed by atoms with Gasteiger partial charge in [0.25, 0.3) is 0 Å². The molecule has 0 aliphatic heterocycles. The Morgan fingerprint density at radius 1 is 0.311 bits per heavy atom. The normalized spacial score (nSPS) is 10.9. The Labute approximate surface area is 425 Å². The first-order valence-corrected chi connectivity index (χ1v) is 23.6. The lowest BCUT2D eigenvalue weighted by Gasteiger charge is -2.20. The van der Waals surface area contributed by atoms with E-state index in [2.05, 4.69) is 122 Å². The maximum Gasteiger partial charge on any atom is 0.197 e. The first-order chi connectivity index (χ1) is 36.4. The van der Waals surface area contributed by atoms with Crippen molar-refractivity contribution >= 4 is 55.0 Å². The average Bonchev–Trinajstić information content (AvgIpc) is 3.98. The second kappa shape index (κ2) is 17.9. The predicted octanol–water partition coefficient (Wildman–Crippen LogP) is 16.8. The maximum atomic E-state index is 10.1. The molecule has 12 aromatic rings. The molecule has 0 aliphatic rings. The summed E-state index contributed by atoms with van der Waals surface area (Å²) in [7, 11) is 0. The van der Waals surface area contributed by atoms with Gasteiger partial charge in [0.15, 0.2) is 11.4 Å². The number of rotatable bonds is 7. The van der Waals surface area contributed by atoms with E-state index in [1.165, 1.54) is 0 Å². The highest BCUT2D eigenvalue weighted by Gasteiger charge is 2.24. The van der Waals surface area contributed by atoms with Crippen LogP contribution < -0.4 is 0 Å². The van der Waals surface area contributed by atoms with Crippen molar-refractivity contribution < 1.29 is 0 Å². The molecule has 0 saturated heterocycles. The summed E-state index contributed by atoms with van der Waals surface area (Å²) in [6.07, 6.45) is 0. The molecule has 338 valence electrons. The van der Waals surface area contributed by atoms with Crippen molar-refractivity contribution in [3.63, 3.8) is 0 Å². The highest BCUT2D eigenvalue weighted by atomic mass is 15.1. The molecule has 0 atom stereocenters. The topological polar surface area (TPSA) is 114 Å². The zero-order valence-corrected chi connectivity index (χ0v) is 39.2. The summed E-state index contributed by atoms with van der Waals surface area (Å²) in [5.74, 6) is 0. The van der Waals surface area contributed by atoms with E-state index in [-0.39, 0.29) is 0 Å². The Bertz CT molecular complexity index is 4340. The van der Waals surface area contributed by atoms with Crippen LogP contribution in [0, 0.1) is 58.5 Å². The van der Waals surface area contributed by atoms with Crippen molar-refractivity contribution in [1.82, 2.24) is 9.13 Å². The fourth-order valence-corrected chi connectivity index (χ4v) is 10.2. The molecule has 0 N–H and O–H groups in total. The van der Waals surface area contributed by atoms with E-state index in [1.54, 1.807) is 6.07 Å². The second-order valence-corrected chi connectivity index (χ2v) is 18.0. The fraction of sp³-hybridized carbons (Fsp3) is 0. The molecule has 2 heterocycles. The maximum absolute atomic E-state index is 10.1. The van der Waals surface area contributed by atoms with Crippen LogP contribution in [0.4, 0.5) is 11.4 Å². The summed E-state index contributed by atoms with van der Waals surface area (Å²) in [5, 5.41) is 42.8. The number of hydrogen-bond donors (Lipinski definition) is 0. The van der Waals surface area contributed by atoms with Gasteiger partial charge in [-0.1, -0.05) is 97.1 Å². The molecule has 0 saturated carbocycles. The number of nitriles is 4. The first-order valence-electron chi connectivity index (χ1n) is 23.6. The third kappa shape index (κ3) is 7.44. The second-order valence-electron chi connectivity index (χ2n) is 18.0. The van der Waals surface area contributed by atoms with Gasteiger partial charge in [-0.25, -0.2) is 9.69 Å². The lowest BCUT2D eigenvalue weighted by molar-refractivity contribution is 1.10. The molecule has 0 amide bonds. The van der Waals surface area contributed by atoms with Gasteiger partial charge in [-0.3, -0.25) is 0 Å². The largest absolute Gasteiger partial charge is 0.308 e. The molecule has 12 rings (SSSR count). The highest BCUT2D eigenvalue weighted by Crippen LogP contribution is 2.46. The molecule has 0 spiro atoms. The van der Waals surface area contributed by atoms with Crippen molar-refractivity contribution in [3.8, 4) is 91.3 Å². The number of nitrogens with zero attached hydrogens (tertiary/aromatic N) is 8. The molecule has 8 heteroatoms. The van der Waals surface area contributed by atoms with Gasteiger partial charge >= 0.3 is 0 Å². The van der Waals surface area contributed by atoms with E-state index in [4.69, 9.17) is 13.1 Å². The van der Waals surface area contributed by atoms with Crippen LogP contribution in [0.2, 0.25) is 0 Å². The van der Waals surface area contributed by atoms with Crippen LogP contribution in [-0.2, 0) is 0 Å². The van der Waals surface area contributed by atoms with Gasteiger partial charge in [0, 0.05) is 21.5 Å². The summed E-state index contributed by atoms with van der Waals surface area (Å²) in [6.45, 7) is 16.3. The number of aromatic nitrogens is 2. The summed E-state index contributed by atoms with van der Waals surface area (Å²) in [5.41, 5.74) is 17.5. The minimum Gasteiger partial charge on any atom is -0.308 e. The molecule has 0 bridgehead atoms. The van der Waals surface area contributed by atoms with Crippen LogP contribution in [0.5, 0.6) is 0 Å². The predicted molar refractivity (Wildman–Crippen MR) is 294 cm³/mol. The molecular formula is C66H34N8. The Kier molecular flexibility index (Phi) is 10.7. The van der Waals surface area contributed by atoms with Crippen molar-refractivity contribution in [1.29, 1.82) is 21.0 Å². The van der Waals surface area contributed by atoms with Gasteiger partial charge in [-0.15, -0.1) is 0 Å². The van der Waals surface area contributed by atoms with E-state index < -0.39 is 0 Å². The molecular weight excluding hydrogens is 905 g/mol. The first kappa shape index (κ1) is 44.0. The molecule has 0 unspecified atom stereocenters. The number of fused-ring (bicyclic) bond motifs is 6. The summed E-state index contributed by atoms with van der Waals surface area (Å²) >= 11 is 0. The molecule has 2 aromatic heterocycles. The van der Waals surface area contributed by atoms with Crippen LogP contribution in [0.1, 0.15) is 22.3 Å². The molecule has 0 radical (unpaired) electrons. The molecule has 10 aromatic carbocycles. The summed E-state index contributed by atoms with van der Waals surface area (Å²) < 4.78 is 4.51. The van der Waals surface area contributed by atoms with Crippen molar-refractivity contribution in [3.05, 3.63) is 251 Å². The summed E-state index contributed by atoms with van der Waals surface area (Å²) in [6, 6.07) is 76.4. The lowest BCUT2D eigenvalue weighted by atomic mass is 9.99. The van der Waals surface area contributed by atoms with Gasteiger partial charge < -0.3 is 9.13 Å². The lowest BCUT2D eigenvalue weighted by Crippen LogP contribution is -2.04. The van der Waals surface area contributed by atoms with Crippen LogP contribution in [0.15, 0.2) is 206 Å². The zero-order chi connectivity index (χ0) is 50.5. The van der Waals surface area contributed by atoms with E-state index >= 15 is 0 Å². The number of hydrogen-bond acceptors (Lipinski definition) is 4. The molecule has 0 fully saturated rings. The van der Waals surface area contributed by atoms with E-state index in [1.807, 2.05) is 121 Å². The smallest absolute Gasteiger partial charge is 0.197 e. The minimum atomic E-state index is 0.409. The Morgan fingerprint density at radius 2 is 0.662 bits per heavy atom. The third-order valence-electron chi connectivity index (χ3n) is 13.9. The monoisotopic (exact) mass is 938 g/mol. The molecule has 74 heavy (non-hydrogen) atoms. The molecule has 8 nitrogen and oxygen atoms in total. The Hall–Kier alpha value is -11.3. The average molecular weight is 939 g/mol. The van der Waals surface area contributed by atoms with Gasteiger partial charge in [-0.2, -0.15) is 21.0 Å². The Morgan fingerprint density at radius 3 is 1.01 bits per heavy atom. The van der Waals surface area contributed by atoms with Gasteiger partial charge in [-0.05, 0) is 165 Å². The van der Waals surface area contributed by atoms with Crippen molar-refractivity contribution in [2.75, 3.05) is 0 Å².